The molecule has 0 saturated carbocycles. The lowest BCUT2D eigenvalue weighted by atomic mass is 10.1. The molecule has 112 valence electrons. The second kappa shape index (κ2) is 7.24. The molecule has 0 radical (unpaired) electrons. The lowest BCUT2D eigenvalue weighted by Crippen LogP contribution is -2.27. The number of aliphatic hydroxyl groups excluding tert-OH is 1. The third-order valence-corrected chi connectivity index (χ3v) is 3.35. The van der Waals surface area contributed by atoms with Crippen molar-refractivity contribution >= 4 is 0 Å². The summed E-state index contributed by atoms with van der Waals surface area (Å²) in [4.78, 5) is 5.79. The number of halogens is 2. The van der Waals surface area contributed by atoms with Crippen LogP contribution in [0.15, 0.2) is 42.7 Å². The van der Waals surface area contributed by atoms with Crippen LogP contribution < -0.4 is 0 Å². The van der Waals surface area contributed by atoms with Crippen LogP contribution in [0.3, 0.4) is 0 Å². The fraction of sp³-hybridized carbons (Fsp3) is 0.312. The van der Waals surface area contributed by atoms with Gasteiger partial charge in [0.2, 0.25) is 0 Å². The van der Waals surface area contributed by atoms with E-state index in [-0.39, 0.29) is 12.1 Å². The average Bonchev–Trinajstić information content (AvgIpc) is 2.46. The highest BCUT2D eigenvalue weighted by Crippen LogP contribution is 2.21. The van der Waals surface area contributed by atoms with Crippen LogP contribution in [-0.2, 0) is 6.42 Å². The van der Waals surface area contributed by atoms with Crippen molar-refractivity contribution in [3.63, 3.8) is 0 Å². The van der Waals surface area contributed by atoms with E-state index >= 15 is 0 Å². The largest absolute Gasteiger partial charge is 0.387 e. The summed E-state index contributed by atoms with van der Waals surface area (Å²) in [6.45, 7) is 0.847. The summed E-state index contributed by atoms with van der Waals surface area (Å²) in [5.41, 5.74) is 0.858. The lowest BCUT2D eigenvalue weighted by molar-refractivity contribution is 0.120. The number of aliphatic hydroxyl groups is 1. The van der Waals surface area contributed by atoms with Crippen LogP contribution in [0.4, 0.5) is 8.78 Å². The van der Waals surface area contributed by atoms with Gasteiger partial charge in [0.05, 0.1) is 11.7 Å². The molecule has 0 amide bonds. The predicted octanol–water partition coefficient (Wildman–Crippen LogP) is 2.57. The number of pyridine rings is 1. The normalized spacial score (nSPS) is 12.6. The van der Waals surface area contributed by atoms with Crippen molar-refractivity contribution in [3.05, 3.63) is 65.5 Å². The average molecular weight is 292 g/mol. The van der Waals surface area contributed by atoms with E-state index in [0.717, 1.165) is 24.1 Å². The Hall–Kier alpha value is -1.85. The first-order valence-electron chi connectivity index (χ1n) is 6.77. The molecule has 2 aromatic rings. The molecular weight excluding hydrogens is 274 g/mol. The van der Waals surface area contributed by atoms with E-state index in [1.54, 1.807) is 12.4 Å². The van der Waals surface area contributed by atoms with Crippen LogP contribution in [0.25, 0.3) is 0 Å². The van der Waals surface area contributed by atoms with Gasteiger partial charge in [-0.1, -0.05) is 6.07 Å². The number of benzene rings is 1. The van der Waals surface area contributed by atoms with Gasteiger partial charge < -0.3 is 10.0 Å². The summed E-state index contributed by atoms with van der Waals surface area (Å²) in [5.74, 6) is -1.44. The zero-order valence-corrected chi connectivity index (χ0v) is 11.8. The molecule has 3 nitrogen and oxygen atoms in total. The van der Waals surface area contributed by atoms with E-state index in [2.05, 4.69) is 4.98 Å². The van der Waals surface area contributed by atoms with Crippen LogP contribution in [0.2, 0.25) is 0 Å². The summed E-state index contributed by atoms with van der Waals surface area (Å²) in [7, 11) is 1.81. The Morgan fingerprint density at radius 3 is 2.38 bits per heavy atom. The molecule has 1 N–H and O–H groups in total. The Labute approximate surface area is 122 Å². The topological polar surface area (TPSA) is 36.4 Å². The highest BCUT2D eigenvalue weighted by Gasteiger charge is 2.19. The number of likely N-dealkylation sites (N-methyl/N-ethyl adjacent to an activating group) is 1. The Bertz CT molecular complexity index is 557. The third kappa shape index (κ3) is 4.31. The molecule has 1 atom stereocenters. The standard InChI is InChI=1S/C16H18F2N2O/c1-20(10-7-12-5-8-19-9-6-12)11-15(21)16-13(17)3-2-4-14(16)18/h2-6,8-9,15,21H,7,10-11H2,1H3. The van der Waals surface area contributed by atoms with Crippen molar-refractivity contribution in [1.82, 2.24) is 9.88 Å². The van der Waals surface area contributed by atoms with Crippen molar-refractivity contribution in [2.45, 2.75) is 12.5 Å². The van der Waals surface area contributed by atoms with Crippen molar-refractivity contribution in [2.24, 2.45) is 0 Å². The fourth-order valence-corrected chi connectivity index (χ4v) is 2.18. The monoisotopic (exact) mass is 292 g/mol. The predicted molar refractivity (Wildman–Crippen MR) is 76.8 cm³/mol. The quantitative estimate of drug-likeness (QED) is 0.889. The Balaban J connectivity index is 1.91. The molecular formula is C16H18F2N2O. The van der Waals surface area contributed by atoms with Gasteiger partial charge in [-0.25, -0.2) is 8.78 Å². The first kappa shape index (κ1) is 15.5. The molecule has 2 rings (SSSR count). The van der Waals surface area contributed by atoms with E-state index in [1.165, 1.54) is 6.07 Å². The van der Waals surface area contributed by atoms with Crippen molar-refractivity contribution in [1.29, 1.82) is 0 Å². The Morgan fingerprint density at radius 1 is 1.14 bits per heavy atom. The van der Waals surface area contributed by atoms with Crippen molar-refractivity contribution in [3.8, 4) is 0 Å². The van der Waals surface area contributed by atoms with E-state index in [9.17, 15) is 13.9 Å². The molecule has 1 heterocycles. The number of hydrogen-bond donors (Lipinski definition) is 1. The Morgan fingerprint density at radius 2 is 1.76 bits per heavy atom. The van der Waals surface area contributed by atoms with E-state index in [0.29, 0.717) is 6.54 Å². The van der Waals surface area contributed by atoms with Crippen molar-refractivity contribution < 1.29 is 13.9 Å². The number of nitrogens with zero attached hydrogens (tertiary/aromatic N) is 2. The smallest absolute Gasteiger partial charge is 0.131 e. The van der Waals surface area contributed by atoms with Crippen LogP contribution >= 0.6 is 0 Å². The molecule has 0 aliphatic rings. The van der Waals surface area contributed by atoms with Gasteiger partial charge in [-0.15, -0.1) is 0 Å². The van der Waals surface area contributed by atoms with Gasteiger partial charge in [0.15, 0.2) is 0 Å². The highest BCUT2D eigenvalue weighted by atomic mass is 19.1. The maximum atomic E-state index is 13.6. The third-order valence-electron chi connectivity index (χ3n) is 3.35. The molecule has 1 aromatic carbocycles. The van der Waals surface area contributed by atoms with Gasteiger partial charge in [0.1, 0.15) is 11.6 Å². The molecule has 0 fully saturated rings. The maximum Gasteiger partial charge on any atom is 0.131 e. The van der Waals surface area contributed by atoms with Crippen LogP contribution in [-0.4, -0.2) is 35.1 Å². The fourth-order valence-electron chi connectivity index (χ4n) is 2.18. The minimum absolute atomic E-state index is 0.170. The summed E-state index contributed by atoms with van der Waals surface area (Å²) >= 11 is 0. The van der Waals surface area contributed by atoms with Gasteiger partial charge in [-0.2, -0.15) is 0 Å². The molecule has 0 spiro atoms. The summed E-state index contributed by atoms with van der Waals surface area (Å²) < 4.78 is 27.2. The van der Waals surface area contributed by atoms with Crippen molar-refractivity contribution in [2.75, 3.05) is 20.1 Å². The summed E-state index contributed by atoms with van der Waals surface area (Å²) in [6.07, 6.45) is 3.04. The lowest BCUT2D eigenvalue weighted by Gasteiger charge is -2.21. The van der Waals surface area contributed by atoms with Gasteiger partial charge in [-0.05, 0) is 43.3 Å². The zero-order valence-electron chi connectivity index (χ0n) is 11.8. The number of aromatic nitrogens is 1. The SMILES string of the molecule is CN(CCc1ccncc1)CC(O)c1c(F)cccc1F. The van der Waals surface area contributed by atoms with Gasteiger partial charge >= 0.3 is 0 Å². The molecule has 0 aliphatic heterocycles. The second-order valence-electron chi connectivity index (χ2n) is 5.02. The first-order chi connectivity index (χ1) is 10.1. The van der Waals surface area contributed by atoms with Gasteiger partial charge in [0.25, 0.3) is 0 Å². The van der Waals surface area contributed by atoms with Gasteiger partial charge in [-0.3, -0.25) is 4.98 Å². The summed E-state index contributed by atoms with van der Waals surface area (Å²) in [6, 6.07) is 7.42. The molecule has 21 heavy (non-hydrogen) atoms. The van der Waals surface area contributed by atoms with E-state index < -0.39 is 17.7 Å². The molecule has 0 saturated heterocycles. The maximum absolute atomic E-state index is 13.6. The van der Waals surface area contributed by atoms with E-state index in [4.69, 9.17) is 0 Å². The molecule has 0 aliphatic carbocycles. The molecule has 1 unspecified atom stereocenters. The van der Waals surface area contributed by atoms with Crippen LogP contribution in [0.1, 0.15) is 17.2 Å². The molecule has 5 heteroatoms. The summed E-state index contributed by atoms with van der Waals surface area (Å²) in [5, 5.41) is 10.0. The van der Waals surface area contributed by atoms with Crippen LogP contribution in [0, 0.1) is 11.6 Å². The second-order valence-corrected chi connectivity index (χ2v) is 5.02. The van der Waals surface area contributed by atoms with Crippen LogP contribution in [0.5, 0.6) is 0 Å². The number of hydrogen-bond acceptors (Lipinski definition) is 3. The highest BCUT2D eigenvalue weighted by molar-refractivity contribution is 5.22. The zero-order chi connectivity index (χ0) is 15.2. The first-order valence-corrected chi connectivity index (χ1v) is 6.77. The Kier molecular flexibility index (Phi) is 5.36. The number of rotatable bonds is 6. The minimum atomic E-state index is -1.19. The molecule has 1 aromatic heterocycles. The molecule has 0 bridgehead atoms. The minimum Gasteiger partial charge on any atom is -0.387 e. The van der Waals surface area contributed by atoms with Gasteiger partial charge in [0, 0.05) is 25.5 Å². The van der Waals surface area contributed by atoms with E-state index in [1.807, 2.05) is 24.1 Å².